The number of aryl methyl sites for hydroxylation is 1. The molecule has 0 aliphatic rings. The number of nitrogens with zero attached hydrogens (tertiary/aromatic N) is 3. The molecule has 3 aromatic rings. The molecule has 2 aromatic carbocycles. The van der Waals surface area contributed by atoms with E-state index in [1.54, 1.807) is 12.1 Å². The van der Waals surface area contributed by atoms with Crippen LogP contribution in [-0.2, 0) is 24.9 Å². The summed E-state index contributed by atoms with van der Waals surface area (Å²) in [6.45, 7) is 6.05. The minimum absolute atomic E-state index is 0.194. The molecule has 0 bridgehead atoms. The molecule has 0 spiro atoms. The minimum atomic E-state index is -0.354. The summed E-state index contributed by atoms with van der Waals surface area (Å²) in [7, 11) is 12.9. The second kappa shape index (κ2) is 12.6. The number of aliphatic imine (C=N–C) groups is 2. The van der Waals surface area contributed by atoms with Gasteiger partial charge >= 0.3 is 39.3 Å². The quantitative estimate of drug-likeness (QED) is 0.214. The predicted molar refractivity (Wildman–Crippen MR) is 130 cm³/mol. The van der Waals surface area contributed by atoms with Gasteiger partial charge in [0.2, 0.25) is 0 Å². The van der Waals surface area contributed by atoms with Crippen LogP contribution in [0.2, 0.25) is 0 Å². The van der Waals surface area contributed by atoms with E-state index in [1.165, 1.54) is 12.7 Å². The first-order valence-corrected chi connectivity index (χ1v) is 12.7. The second-order valence-electron chi connectivity index (χ2n) is 6.98. The van der Waals surface area contributed by atoms with E-state index < -0.39 is 0 Å². The summed E-state index contributed by atoms with van der Waals surface area (Å²) in [6.07, 6.45) is 0. The number of esters is 1. The number of benzene rings is 2. The van der Waals surface area contributed by atoms with Crippen molar-refractivity contribution in [3.8, 4) is 0 Å². The topological polar surface area (TPSA) is 55.9 Å². The summed E-state index contributed by atoms with van der Waals surface area (Å²) in [5, 5.41) is 0. The molecule has 0 N–H and O–H groups in total. The third-order valence-electron chi connectivity index (χ3n) is 4.78. The zero-order valence-corrected chi connectivity index (χ0v) is 21.2. The third kappa shape index (κ3) is 7.07. The fraction of sp³-hybridized carbons (Fsp3) is 0.208. The van der Waals surface area contributed by atoms with Crippen molar-refractivity contribution >= 4 is 49.0 Å². The number of hydrogen-bond acceptors (Lipinski definition) is 4. The summed E-state index contributed by atoms with van der Waals surface area (Å²) in [5.74, 6) is -0.354. The SMILES string of the molecule is COC(=O)c1ccc(N=C(C)c2ccc(C(C)=Nc3ccc(C)cc3)n2C)cc1.[Cl][Fe][Cl]. The fourth-order valence-electron chi connectivity index (χ4n) is 3.15. The Balaban J connectivity index is 0.00000114. The van der Waals surface area contributed by atoms with Gasteiger partial charge in [-0.3, -0.25) is 9.98 Å². The van der Waals surface area contributed by atoms with E-state index >= 15 is 0 Å². The number of aromatic nitrogens is 1. The summed E-state index contributed by atoms with van der Waals surface area (Å²) in [4.78, 5) is 21.0. The Kier molecular flexibility index (Phi) is 10.2. The number of ether oxygens (including phenoxy) is 1. The van der Waals surface area contributed by atoms with E-state index in [2.05, 4.69) is 34.7 Å². The van der Waals surface area contributed by atoms with Crippen molar-refractivity contribution in [2.24, 2.45) is 17.0 Å². The molecule has 0 atom stereocenters. The maximum absolute atomic E-state index is 11.6. The number of carbonyl (C=O) groups excluding carboxylic acids is 1. The summed E-state index contributed by atoms with van der Waals surface area (Å²) in [5.41, 5.74) is 7.31. The Morgan fingerprint density at radius 2 is 1.25 bits per heavy atom. The Morgan fingerprint density at radius 1 is 0.844 bits per heavy atom. The van der Waals surface area contributed by atoms with Crippen molar-refractivity contribution in [2.45, 2.75) is 20.8 Å². The molecule has 3 rings (SSSR count). The Labute approximate surface area is 203 Å². The van der Waals surface area contributed by atoms with Gasteiger partial charge in [0.25, 0.3) is 0 Å². The number of carbonyl (C=O) groups is 1. The number of methoxy groups -OCH3 is 1. The summed E-state index contributed by atoms with van der Waals surface area (Å²) >= 11 is 0.194. The van der Waals surface area contributed by atoms with E-state index in [4.69, 9.17) is 29.9 Å². The molecule has 0 radical (unpaired) electrons. The molecule has 8 heteroatoms. The van der Waals surface area contributed by atoms with Gasteiger partial charge in [0, 0.05) is 7.05 Å². The van der Waals surface area contributed by atoms with E-state index in [0.717, 1.165) is 34.2 Å². The van der Waals surface area contributed by atoms with Gasteiger partial charge in [0.15, 0.2) is 0 Å². The van der Waals surface area contributed by atoms with E-state index in [1.807, 2.05) is 51.2 Å². The molecule has 0 aliphatic heterocycles. The Bertz CT molecular complexity index is 1110. The Hall–Kier alpha value is -2.37. The van der Waals surface area contributed by atoms with Crippen molar-refractivity contribution in [3.63, 3.8) is 0 Å². The van der Waals surface area contributed by atoms with Gasteiger partial charge in [0.05, 0.1) is 46.9 Å². The van der Waals surface area contributed by atoms with Crippen LogP contribution in [0.5, 0.6) is 0 Å². The molecule has 32 heavy (non-hydrogen) atoms. The van der Waals surface area contributed by atoms with Crippen LogP contribution in [-0.4, -0.2) is 29.1 Å². The van der Waals surface area contributed by atoms with Crippen LogP contribution in [0, 0.1) is 6.92 Å². The molecule has 0 saturated heterocycles. The third-order valence-corrected chi connectivity index (χ3v) is 4.78. The second-order valence-corrected chi connectivity index (χ2v) is 8.81. The van der Waals surface area contributed by atoms with Gasteiger partial charge in [-0.15, -0.1) is 0 Å². The predicted octanol–water partition coefficient (Wildman–Crippen LogP) is 6.78. The zero-order valence-electron chi connectivity index (χ0n) is 18.5. The van der Waals surface area contributed by atoms with Gasteiger partial charge in [0.1, 0.15) is 0 Å². The first-order valence-electron chi connectivity index (χ1n) is 9.68. The van der Waals surface area contributed by atoms with Crippen LogP contribution in [0.15, 0.2) is 70.6 Å². The van der Waals surface area contributed by atoms with Crippen LogP contribution in [0.25, 0.3) is 0 Å². The molecule has 0 aliphatic carbocycles. The molecule has 0 saturated carbocycles. The molecule has 1 aromatic heterocycles. The van der Waals surface area contributed by atoms with Gasteiger partial charge in [-0.25, -0.2) is 4.79 Å². The first kappa shape index (κ1) is 25.9. The summed E-state index contributed by atoms with van der Waals surface area (Å²) in [6, 6.07) is 19.3. The average molecular weight is 514 g/mol. The van der Waals surface area contributed by atoms with Gasteiger partial charge in [-0.1, -0.05) is 17.7 Å². The molecular weight excluding hydrogens is 489 g/mol. The van der Waals surface area contributed by atoms with Crippen LogP contribution in [0.4, 0.5) is 11.4 Å². The average Bonchev–Trinajstić information content (AvgIpc) is 3.17. The van der Waals surface area contributed by atoms with Crippen LogP contribution < -0.4 is 0 Å². The van der Waals surface area contributed by atoms with E-state index in [0.29, 0.717) is 5.56 Å². The molecule has 0 amide bonds. The molecule has 5 nitrogen and oxygen atoms in total. The van der Waals surface area contributed by atoms with E-state index in [-0.39, 0.29) is 19.1 Å². The van der Waals surface area contributed by atoms with Crippen LogP contribution in [0.3, 0.4) is 0 Å². The fourth-order valence-corrected chi connectivity index (χ4v) is 3.15. The van der Waals surface area contributed by atoms with Crippen LogP contribution >= 0.6 is 20.2 Å². The van der Waals surface area contributed by atoms with E-state index in [9.17, 15) is 4.79 Å². The van der Waals surface area contributed by atoms with Gasteiger partial charge in [-0.05, 0) is 69.3 Å². The van der Waals surface area contributed by atoms with Crippen LogP contribution in [0.1, 0.15) is 41.2 Å². The standard InChI is InChI=1S/C24H25N3O2.2ClH.Fe/c1-16-6-10-20(11-7-16)25-17(2)22-14-15-23(27(22)4)18(3)26-21-12-8-19(9-13-21)24(28)29-5;;;/h6-15H,1-5H3;2*1H;/q;;;+2/p-2. The number of hydrogen-bond donors (Lipinski definition) is 0. The molecule has 0 unspecified atom stereocenters. The summed E-state index contributed by atoms with van der Waals surface area (Å²) < 4.78 is 6.82. The monoisotopic (exact) mass is 513 g/mol. The normalized spacial score (nSPS) is 11.7. The van der Waals surface area contributed by atoms with Crippen molar-refractivity contribution in [3.05, 3.63) is 83.2 Å². The van der Waals surface area contributed by atoms with Gasteiger partial charge < -0.3 is 9.30 Å². The Morgan fingerprint density at radius 3 is 1.66 bits per heavy atom. The number of rotatable bonds is 5. The van der Waals surface area contributed by atoms with Crippen molar-refractivity contribution in [1.82, 2.24) is 4.57 Å². The van der Waals surface area contributed by atoms with Crippen molar-refractivity contribution in [2.75, 3.05) is 7.11 Å². The molecule has 0 fully saturated rings. The van der Waals surface area contributed by atoms with Gasteiger partial charge in [-0.2, -0.15) is 0 Å². The molecule has 1 heterocycles. The van der Waals surface area contributed by atoms with Crippen molar-refractivity contribution in [1.29, 1.82) is 0 Å². The zero-order chi connectivity index (χ0) is 23.7. The maximum atomic E-state index is 11.6. The van der Waals surface area contributed by atoms with Crippen molar-refractivity contribution < 1.29 is 22.7 Å². The molecular formula is C24H25Cl2FeN3O2. The first-order chi connectivity index (χ1) is 15.3. The molecule has 170 valence electrons. The number of halogens is 2.